The molecule has 0 saturated heterocycles. The zero-order chi connectivity index (χ0) is 20.8. The smallest absolute Gasteiger partial charge is 0.269 e. The predicted molar refractivity (Wildman–Crippen MR) is 108 cm³/mol. The van der Waals surface area contributed by atoms with Gasteiger partial charge in [-0.3, -0.25) is 19.7 Å². The molecule has 10 heteroatoms. The van der Waals surface area contributed by atoms with Crippen molar-refractivity contribution in [1.29, 1.82) is 0 Å². The Bertz CT molecular complexity index is 844. The largest absolute Gasteiger partial charge is 0.328 e. The normalized spacial score (nSPS) is 10.8. The van der Waals surface area contributed by atoms with Gasteiger partial charge < -0.3 is 15.1 Å². The highest BCUT2D eigenvalue weighted by Crippen LogP contribution is 2.21. The zero-order valence-electron chi connectivity index (χ0n) is 16.3. The maximum absolute atomic E-state index is 12.8. The number of nitro benzene ring substituents is 1. The van der Waals surface area contributed by atoms with Crippen LogP contribution in [-0.2, 0) is 4.79 Å². The summed E-state index contributed by atoms with van der Waals surface area (Å²) in [6, 6.07) is 5.35. The van der Waals surface area contributed by atoms with Gasteiger partial charge in [-0.1, -0.05) is 0 Å². The average Bonchev–Trinajstić information content (AvgIpc) is 2.95. The molecular formula is C18H23N5O4S. The Kier molecular flexibility index (Phi) is 7.18. The number of aromatic nitrogens is 1. The van der Waals surface area contributed by atoms with Crippen LogP contribution in [0.2, 0.25) is 0 Å². The molecule has 2 rings (SSSR count). The molecule has 2 aromatic rings. The fourth-order valence-corrected chi connectivity index (χ4v) is 3.17. The van der Waals surface area contributed by atoms with E-state index in [4.69, 9.17) is 0 Å². The SMILES string of the molecule is Cc1nc(NC(=O)CN(CCN(C)C)C(=O)c2ccc([N+](=O)[O-])cc2)sc1C. The van der Waals surface area contributed by atoms with Crippen molar-refractivity contribution in [3.63, 3.8) is 0 Å². The number of carbonyl (C=O) groups excluding carboxylic acids is 2. The number of anilines is 1. The summed E-state index contributed by atoms with van der Waals surface area (Å²) in [4.78, 5) is 44.1. The molecule has 0 atom stereocenters. The number of aryl methyl sites for hydroxylation is 2. The topological polar surface area (TPSA) is 109 Å². The van der Waals surface area contributed by atoms with Crippen molar-refractivity contribution < 1.29 is 14.5 Å². The third-order valence-corrected chi connectivity index (χ3v) is 5.03. The van der Waals surface area contributed by atoms with Gasteiger partial charge in [0.2, 0.25) is 5.91 Å². The van der Waals surface area contributed by atoms with Crippen LogP contribution in [-0.4, -0.2) is 65.3 Å². The average molecular weight is 405 g/mol. The van der Waals surface area contributed by atoms with E-state index in [9.17, 15) is 19.7 Å². The summed E-state index contributed by atoms with van der Waals surface area (Å²) in [5.41, 5.74) is 1.05. The van der Waals surface area contributed by atoms with E-state index < -0.39 is 4.92 Å². The van der Waals surface area contributed by atoms with E-state index >= 15 is 0 Å². The Morgan fingerprint density at radius 3 is 2.32 bits per heavy atom. The Hall–Kier alpha value is -2.85. The van der Waals surface area contributed by atoms with E-state index in [1.54, 1.807) is 0 Å². The van der Waals surface area contributed by atoms with E-state index in [0.717, 1.165) is 10.6 Å². The molecule has 0 aliphatic rings. The monoisotopic (exact) mass is 405 g/mol. The van der Waals surface area contributed by atoms with Gasteiger partial charge in [-0.25, -0.2) is 4.98 Å². The zero-order valence-corrected chi connectivity index (χ0v) is 17.1. The van der Waals surface area contributed by atoms with Crippen LogP contribution in [0.4, 0.5) is 10.8 Å². The number of hydrogen-bond acceptors (Lipinski definition) is 7. The highest BCUT2D eigenvalue weighted by atomic mass is 32.1. The van der Waals surface area contributed by atoms with Gasteiger partial charge in [-0.05, 0) is 40.1 Å². The fourth-order valence-electron chi connectivity index (χ4n) is 2.34. The number of rotatable bonds is 8. The molecule has 0 bridgehead atoms. The second-order valence-corrected chi connectivity index (χ2v) is 7.75. The standard InChI is InChI=1S/C18H23N5O4S/c1-12-13(2)28-18(19-12)20-16(24)11-22(10-9-21(3)4)17(25)14-5-7-15(8-6-14)23(26)27/h5-8H,9-11H2,1-4H3,(H,19,20,24). The molecule has 1 heterocycles. The lowest BCUT2D eigenvalue weighted by Crippen LogP contribution is -2.41. The quantitative estimate of drug-likeness (QED) is 0.533. The molecule has 0 spiro atoms. The molecule has 0 saturated carbocycles. The van der Waals surface area contributed by atoms with Crippen LogP contribution in [0.5, 0.6) is 0 Å². The van der Waals surface area contributed by atoms with Gasteiger partial charge in [-0.2, -0.15) is 0 Å². The first-order valence-electron chi connectivity index (χ1n) is 8.59. The number of benzene rings is 1. The maximum Gasteiger partial charge on any atom is 0.269 e. The van der Waals surface area contributed by atoms with E-state index in [1.807, 2.05) is 32.8 Å². The molecule has 0 aliphatic carbocycles. The summed E-state index contributed by atoms with van der Waals surface area (Å²) in [5, 5.41) is 14.0. The van der Waals surface area contributed by atoms with Gasteiger partial charge in [0.25, 0.3) is 11.6 Å². The molecular weight excluding hydrogens is 382 g/mol. The third-order valence-electron chi connectivity index (χ3n) is 4.04. The van der Waals surface area contributed by atoms with Gasteiger partial charge in [0.15, 0.2) is 5.13 Å². The summed E-state index contributed by atoms with van der Waals surface area (Å²) in [6.07, 6.45) is 0. The van der Waals surface area contributed by atoms with Crippen LogP contribution in [0.15, 0.2) is 24.3 Å². The van der Waals surface area contributed by atoms with Crippen molar-refractivity contribution in [2.45, 2.75) is 13.8 Å². The first kappa shape index (κ1) is 21.5. The molecule has 1 aromatic carbocycles. The van der Waals surface area contributed by atoms with Crippen molar-refractivity contribution >= 4 is 34.0 Å². The first-order chi connectivity index (χ1) is 13.2. The minimum atomic E-state index is -0.524. The molecule has 1 N–H and O–H groups in total. The highest BCUT2D eigenvalue weighted by molar-refractivity contribution is 7.15. The van der Waals surface area contributed by atoms with Gasteiger partial charge in [0.1, 0.15) is 6.54 Å². The van der Waals surface area contributed by atoms with Gasteiger partial charge in [0, 0.05) is 35.7 Å². The Morgan fingerprint density at radius 2 is 1.82 bits per heavy atom. The van der Waals surface area contributed by atoms with Crippen molar-refractivity contribution in [2.24, 2.45) is 0 Å². The van der Waals surface area contributed by atoms with Crippen molar-refractivity contribution in [3.05, 3.63) is 50.5 Å². The number of non-ortho nitro benzene ring substituents is 1. The summed E-state index contributed by atoms with van der Waals surface area (Å²) < 4.78 is 0. The summed E-state index contributed by atoms with van der Waals surface area (Å²) in [7, 11) is 3.74. The third kappa shape index (κ3) is 5.83. The molecule has 9 nitrogen and oxygen atoms in total. The molecule has 0 fully saturated rings. The van der Waals surface area contributed by atoms with Crippen LogP contribution >= 0.6 is 11.3 Å². The number of nitrogens with one attached hydrogen (secondary N) is 1. The number of thiazole rings is 1. The number of carbonyl (C=O) groups is 2. The van der Waals surface area contributed by atoms with E-state index in [1.165, 1.54) is 40.5 Å². The molecule has 150 valence electrons. The van der Waals surface area contributed by atoms with Crippen molar-refractivity contribution in [2.75, 3.05) is 39.0 Å². The molecule has 0 unspecified atom stereocenters. The number of nitrogens with zero attached hydrogens (tertiary/aromatic N) is 4. The Balaban J connectivity index is 2.12. The lowest BCUT2D eigenvalue weighted by molar-refractivity contribution is -0.384. The van der Waals surface area contributed by atoms with Crippen LogP contribution in [0, 0.1) is 24.0 Å². The lowest BCUT2D eigenvalue weighted by atomic mass is 10.2. The van der Waals surface area contributed by atoms with Gasteiger partial charge in [-0.15, -0.1) is 11.3 Å². The number of likely N-dealkylation sites (N-methyl/N-ethyl adjacent to an activating group) is 1. The second-order valence-electron chi connectivity index (χ2n) is 6.54. The van der Waals surface area contributed by atoms with Gasteiger partial charge in [0.05, 0.1) is 10.6 Å². The summed E-state index contributed by atoms with van der Waals surface area (Å²) >= 11 is 1.38. The number of hydrogen-bond donors (Lipinski definition) is 1. The second kappa shape index (κ2) is 9.38. The van der Waals surface area contributed by atoms with E-state index in [0.29, 0.717) is 18.2 Å². The van der Waals surface area contributed by atoms with Crippen LogP contribution < -0.4 is 5.32 Å². The van der Waals surface area contributed by atoms with Crippen molar-refractivity contribution in [1.82, 2.24) is 14.8 Å². The fraction of sp³-hybridized carbons (Fsp3) is 0.389. The molecule has 1 aromatic heterocycles. The highest BCUT2D eigenvalue weighted by Gasteiger charge is 2.20. The maximum atomic E-state index is 12.8. The summed E-state index contributed by atoms with van der Waals surface area (Å²) in [5.74, 6) is -0.707. The minimum absolute atomic E-state index is 0.0938. The number of nitro groups is 1. The van der Waals surface area contributed by atoms with Crippen LogP contribution in [0.25, 0.3) is 0 Å². The number of amides is 2. The van der Waals surface area contributed by atoms with Gasteiger partial charge >= 0.3 is 0 Å². The molecule has 0 aliphatic heterocycles. The minimum Gasteiger partial charge on any atom is -0.328 e. The van der Waals surface area contributed by atoms with Crippen LogP contribution in [0.1, 0.15) is 20.9 Å². The Labute approximate surface area is 167 Å². The molecule has 0 radical (unpaired) electrons. The van der Waals surface area contributed by atoms with E-state index in [2.05, 4.69) is 10.3 Å². The predicted octanol–water partition coefficient (Wildman–Crippen LogP) is 2.31. The summed E-state index contributed by atoms with van der Waals surface area (Å²) in [6.45, 7) is 4.56. The lowest BCUT2D eigenvalue weighted by Gasteiger charge is -2.23. The van der Waals surface area contributed by atoms with E-state index in [-0.39, 0.29) is 29.6 Å². The Morgan fingerprint density at radius 1 is 1.18 bits per heavy atom. The van der Waals surface area contributed by atoms with Crippen molar-refractivity contribution in [3.8, 4) is 0 Å². The van der Waals surface area contributed by atoms with Crippen LogP contribution in [0.3, 0.4) is 0 Å². The molecule has 28 heavy (non-hydrogen) atoms. The molecule has 2 amide bonds. The first-order valence-corrected chi connectivity index (χ1v) is 9.41.